The molecular formula is C25H18N2O5S. The summed E-state index contributed by atoms with van der Waals surface area (Å²) in [7, 11) is 1.30. The first-order valence-corrected chi connectivity index (χ1v) is 11.0. The number of thiazole rings is 1. The highest BCUT2D eigenvalue weighted by atomic mass is 32.1. The van der Waals surface area contributed by atoms with Crippen LogP contribution in [0.15, 0.2) is 74.9 Å². The maximum atomic E-state index is 13.1. The molecule has 0 fully saturated rings. The summed E-state index contributed by atoms with van der Waals surface area (Å²) in [5.74, 6) is -1.21. The zero-order valence-corrected chi connectivity index (χ0v) is 18.6. The van der Waals surface area contributed by atoms with Gasteiger partial charge in [-0.25, -0.2) is 4.79 Å². The van der Waals surface area contributed by atoms with E-state index in [9.17, 15) is 14.4 Å². The highest BCUT2D eigenvalue weighted by Gasteiger charge is 2.17. The third-order valence-corrected chi connectivity index (χ3v) is 6.46. The number of hydrogen-bond donors (Lipinski definition) is 0. The molecule has 0 aliphatic heterocycles. The van der Waals surface area contributed by atoms with Gasteiger partial charge in [-0.15, -0.1) is 0 Å². The van der Waals surface area contributed by atoms with Gasteiger partial charge in [-0.2, -0.15) is 4.99 Å². The van der Waals surface area contributed by atoms with Crippen LogP contribution in [0, 0.1) is 6.92 Å². The maximum Gasteiger partial charge on any atom is 0.349 e. The lowest BCUT2D eigenvalue weighted by Crippen LogP contribution is -2.23. The van der Waals surface area contributed by atoms with Crippen molar-refractivity contribution in [2.24, 2.45) is 4.99 Å². The second-order valence-electron chi connectivity index (χ2n) is 7.58. The van der Waals surface area contributed by atoms with Crippen molar-refractivity contribution in [3.63, 3.8) is 0 Å². The van der Waals surface area contributed by atoms with Gasteiger partial charge in [0.05, 0.1) is 17.3 Å². The second-order valence-corrected chi connectivity index (χ2v) is 8.59. The van der Waals surface area contributed by atoms with E-state index in [0.29, 0.717) is 15.8 Å². The molecule has 2 aromatic heterocycles. The summed E-state index contributed by atoms with van der Waals surface area (Å²) in [6.45, 7) is 1.85. The predicted octanol–water partition coefficient (Wildman–Crippen LogP) is 4.18. The number of hydrogen-bond acceptors (Lipinski definition) is 6. The molecule has 5 rings (SSSR count). The zero-order valence-electron chi connectivity index (χ0n) is 17.8. The molecule has 5 aromatic rings. The fourth-order valence-corrected chi connectivity index (χ4v) is 4.91. The Bertz CT molecular complexity index is 1710. The third kappa shape index (κ3) is 3.74. The number of rotatable bonds is 3. The van der Waals surface area contributed by atoms with Crippen molar-refractivity contribution in [1.82, 2.24) is 4.57 Å². The molecule has 1 amide bonds. The quantitative estimate of drug-likeness (QED) is 0.230. The first-order valence-electron chi connectivity index (χ1n) is 10.2. The minimum atomic E-state index is -0.761. The summed E-state index contributed by atoms with van der Waals surface area (Å²) in [5, 5.41) is 2.48. The predicted molar refractivity (Wildman–Crippen MR) is 126 cm³/mol. The first kappa shape index (κ1) is 20.8. The molecule has 0 saturated carbocycles. The SMILES string of the molecule is COC(=O)Cn1c(=NC(=O)c2cc3c(ccc4ccccc43)oc2=O)sc2cc(C)ccc21. The molecule has 0 atom stereocenters. The summed E-state index contributed by atoms with van der Waals surface area (Å²) in [6, 6.07) is 18.5. The number of carbonyl (C=O) groups excluding carboxylic acids is 2. The molecule has 3 aromatic carbocycles. The summed E-state index contributed by atoms with van der Waals surface area (Å²) in [6.07, 6.45) is 0. The lowest BCUT2D eigenvalue weighted by molar-refractivity contribution is -0.141. The number of amides is 1. The average molecular weight is 458 g/mol. The van der Waals surface area contributed by atoms with E-state index in [2.05, 4.69) is 4.99 Å². The number of aromatic nitrogens is 1. The van der Waals surface area contributed by atoms with Crippen LogP contribution >= 0.6 is 11.3 Å². The number of nitrogens with zero attached hydrogens (tertiary/aromatic N) is 2. The second kappa shape index (κ2) is 8.14. The number of benzene rings is 3. The molecule has 7 nitrogen and oxygen atoms in total. The van der Waals surface area contributed by atoms with Crippen LogP contribution in [-0.4, -0.2) is 23.6 Å². The Morgan fingerprint density at radius 2 is 1.88 bits per heavy atom. The Kier molecular flexibility index (Phi) is 5.14. The van der Waals surface area contributed by atoms with Crippen LogP contribution in [0.4, 0.5) is 0 Å². The van der Waals surface area contributed by atoms with Gasteiger partial charge in [0.15, 0.2) is 4.80 Å². The van der Waals surface area contributed by atoms with Crippen molar-refractivity contribution in [3.8, 4) is 0 Å². The number of aryl methyl sites for hydroxylation is 1. The molecule has 0 radical (unpaired) electrons. The number of fused-ring (bicyclic) bond motifs is 4. The lowest BCUT2D eigenvalue weighted by Gasteiger charge is -2.05. The topological polar surface area (TPSA) is 90.9 Å². The van der Waals surface area contributed by atoms with Gasteiger partial charge < -0.3 is 13.7 Å². The first-order chi connectivity index (χ1) is 15.9. The van der Waals surface area contributed by atoms with Crippen molar-refractivity contribution >= 4 is 55.2 Å². The Hall–Kier alpha value is -4.04. The minimum absolute atomic E-state index is 0.108. The van der Waals surface area contributed by atoms with Gasteiger partial charge in [-0.1, -0.05) is 47.7 Å². The largest absolute Gasteiger partial charge is 0.468 e. The molecule has 2 heterocycles. The van der Waals surface area contributed by atoms with Crippen LogP contribution in [0.5, 0.6) is 0 Å². The number of esters is 1. The summed E-state index contributed by atoms with van der Waals surface area (Å²) >= 11 is 1.26. The van der Waals surface area contributed by atoms with Crippen molar-refractivity contribution in [2.45, 2.75) is 13.5 Å². The molecule has 164 valence electrons. The van der Waals surface area contributed by atoms with E-state index in [0.717, 1.165) is 26.6 Å². The van der Waals surface area contributed by atoms with Crippen LogP contribution in [0.3, 0.4) is 0 Å². The Morgan fingerprint density at radius 1 is 1.06 bits per heavy atom. The minimum Gasteiger partial charge on any atom is -0.468 e. The van der Waals surface area contributed by atoms with Gasteiger partial charge in [0.2, 0.25) is 0 Å². The molecule has 0 aliphatic rings. The Balaban J connectivity index is 1.70. The van der Waals surface area contributed by atoms with Gasteiger partial charge >= 0.3 is 11.6 Å². The Morgan fingerprint density at radius 3 is 2.70 bits per heavy atom. The van der Waals surface area contributed by atoms with Gasteiger partial charge in [-0.05, 0) is 47.5 Å². The van der Waals surface area contributed by atoms with Crippen LogP contribution in [0.1, 0.15) is 15.9 Å². The molecule has 8 heteroatoms. The zero-order chi connectivity index (χ0) is 23.1. The van der Waals surface area contributed by atoms with Gasteiger partial charge in [0.25, 0.3) is 5.91 Å². The summed E-state index contributed by atoms with van der Waals surface area (Å²) in [5.41, 5.74) is 1.25. The number of carbonyl (C=O) groups is 2. The van der Waals surface area contributed by atoms with Crippen LogP contribution in [0.25, 0.3) is 32.0 Å². The van der Waals surface area contributed by atoms with E-state index in [-0.39, 0.29) is 12.1 Å². The Labute approximate surface area is 191 Å². The van der Waals surface area contributed by atoms with E-state index in [1.165, 1.54) is 24.5 Å². The van der Waals surface area contributed by atoms with Gasteiger partial charge in [-0.3, -0.25) is 9.59 Å². The molecule has 0 saturated heterocycles. The van der Waals surface area contributed by atoms with Gasteiger partial charge in [0.1, 0.15) is 17.7 Å². The highest BCUT2D eigenvalue weighted by molar-refractivity contribution is 7.16. The molecule has 33 heavy (non-hydrogen) atoms. The average Bonchev–Trinajstić information content (AvgIpc) is 3.13. The molecular weight excluding hydrogens is 440 g/mol. The molecule has 0 bridgehead atoms. The summed E-state index contributed by atoms with van der Waals surface area (Å²) in [4.78, 5) is 42.2. The lowest BCUT2D eigenvalue weighted by atomic mass is 10.0. The fourth-order valence-electron chi connectivity index (χ4n) is 3.78. The van der Waals surface area contributed by atoms with Crippen LogP contribution in [-0.2, 0) is 16.1 Å². The normalized spacial score (nSPS) is 12.0. The number of ether oxygens (including phenoxy) is 1. The van der Waals surface area contributed by atoms with Crippen molar-refractivity contribution in [2.75, 3.05) is 7.11 Å². The molecule has 0 unspecified atom stereocenters. The van der Waals surface area contributed by atoms with E-state index < -0.39 is 17.5 Å². The third-order valence-electron chi connectivity index (χ3n) is 5.42. The molecule has 0 N–H and O–H groups in total. The fraction of sp³-hybridized carbons (Fsp3) is 0.120. The maximum absolute atomic E-state index is 13.1. The molecule has 0 spiro atoms. The standard InChI is InChI=1S/C25H18N2O5S/c1-14-7-9-19-21(11-14)33-25(27(19)13-22(28)31-2)26-23(29)18-12-17-16-6-4-3-5-15(16)8-10-20(17)32-24(18)30/h3-12H,13H2,1-2H3. The van der Waals surface area contributed by atoms with E-state index >= 15 is 0 Å². The number of methoxy groups -OCH3 is 1. The van der Waals surface area contributed by atoms with Crippen LogP contribution in [0.2, 0.25) is 0 Å². The monoisotopic (exact) mass is 458 g/mol. The summed E-state index contributed by atoms with van der Waals surface area (Å²) < 4.78 is 12.7. The van der Waals surface area contributed by atoms with Gasteiger partial charge in [0, 0.05) is 5.39 Å². The van der Waals surface area contributed by atoms with Crippen molar-refractivity contribution < 1.29 is 18.7 Å². The van der Waals surface area contributed by atoms with E-state index in [1.807, 2.05) is 55.5 Å². The highest BCUT2D eigenvalue weighted by Crippen LogP contribution is 2.25. The van der Waals surface area contributed by atoms with E-state index in [1.54, 1.807) is 10.6 Å². The van der Waals surface area contributed by atoms with E-state index in [4.69, 9.17) is 9.15 Å². The smallest absolute Gasteiger partial charge is 0.349 e. The molecule has 0 aliphatic carbocycles. The van der Waals surface area contributed by atoms with Crippen molar-refractivity contribution in [3.05, 3.63) is 87.0 Å². The van der Waals surface area contributed by atoms with Crippen LogP contribution < -0.4 is 10.4 Å². The van der Waals surface area contributed by atoms with Crippen molar-refractivity contribution in [1.29, 1.82) is 0 Å².